The summed E-state index contributed by atoms with van der Waals surface area (Å²) >= 11 is 1.47. The van der Waals surface area contributed by atoms with E-state index in [0.29, 0.717) is 0 Å². The van der Waals surface area contributed by atoms with Crippen LogP contribution in [0.4, 0.5) is 5.69 Å². The number of para-hydroxylation sites is 1. The molecule has 1 fully saturated rings. The monoisotopic (exact) mass is 403 g/mol. The Morgan fingerprint density at radius 2 is 1.76 bits per heavy atom. The van der Waals surface area contributed by atoms with E-state index in [9.17, 15) is 4.79 Å². The highest BCUT2D eigenvalue weighted by atomic mass is 32.1. The number of rotatable bonds is 3. The SMILES string of the molecule is COc1ccc2cc3cc(C(=O)N4CCN(c5ccccc5)CC4)sc3nc2c1. The number of carbonyl (C=O) groups is 1. The highest BCUT2D eigenvalue weighted by Gasteiger charge is 2.24. The molecule has 5 rings (SSSR count). The number of carbonyl (C=O) groups excluding carboxylic acids is 1. The van der Waals surface area contributed by atoms with E-state index in [1.807, 2.05) is 35.2 Å². The molecule has 2 aromatic carbocycles. The Kier molecular flexibility index (Phi) is 4.56. The van der Waals surface area contributed by atoms with Crippen LogP contribution in [-0.4, -0.2) is 49.1 Å². The maximum atomic E-state index is 13.1. The molecule has 146 valence electrons. The second-order valence-corrected chi connectivity index (χ2v) is 8.20. The lowest BCUT2D eigenvalue weighted by molar-refractivity contribution is 0.0751. The zero-order valence-corrected chi connectivity index (χ0v) is 17.0. The van der Waals surface area contributed by atoms with Gasteiger partial charge in [-0.2, -0.15) is 0 Å². The summed E-state index contributed by atoms with van der Waals surface area (Å²) in [5, 5.41) is 2.06. The molecule has 4 aromatic rings. The molecule has 0 aliphatic carbocycles. The van der Waals surface area contributed by atoms with Crippen molar-refractivity contribution >= 4 is 44.1 Å². The van der Waals surface area contributed by atoms with Crippen LogP contribution in [0.2, 0.25) is 0 Å². The van der Waals surface area contributed by atoms with E-state index >= 15 is 0 Å². The highest BCUT2D eigenvalue weighted by molar-refractivity contribution is 7.20. The molecule has 3 heterocycles. The number of hydrogen-bond acceptors (Lipinski definition) is 5. The van der Waals surface area contributed by atoms with Gasteiger partial charge in [0.1, 0.15) is 10.6 Å². The number of ether oxygens (including phenoxy) is 1. The predicted octanol–water partition coefficient (Wildman–Crippen LogP) is 4.42. The van der Waals surface area contributed by atoms with Gasteiger partial charge < -0.3 is 14.5 Å². The van der Waals surface area contributed by atoms with Crippen LogP contribution in [0.5, 0.6) is 5.75 Å². The molecule has 1 amide bonds. The molecule has 29 heavy (non-hydrogen) atoms. The Hall–Kier alpha value is -3.12. The topological polar surface area (TPSA) is 45.7 Å². The maximum absolute atomic E-state index is 13.1. The molecule has 1 aliphatic heterocycles. The molecule has 0 bridgehead atoms. The number of piperazine rings is 1. The van der Waals surface area contributed by atoms with E-state index in [1.165, 1.54) is 17.0 Å². The van der Waals surface area contributed by atoms with Crippen LogP contribution in [0.3, 0.4) is 0 Å². The van der Waals surface area contributed by atoms with Gasteiger partial charge in [0.05, 0.1) is 17.5 Å². The highest BCUT2D eigenvalue weighted by Crippen LogP contribution is 2.30. The summed E-state index contributed by atoms with van der Waals surface area (Å²) in [6.07, 6.45) is 0. The molecule has 5 nitrogen and oxygen atoms in total. The molecule has 0 atom stereocenters. The summed E-state index contributed by atoms with van der Waals surface area (Å²) in [5.74, 6) is 0.885. The van der Waals surface area contributed by atoms with Gasteiger partial charge in [-0.05, 0) is 36.4 Å². The van der Waals surface area contributed by atoms with Crippen LogP contribution in [0.15, 0.2) is 60.7 Å². The minimum absolute atomic E-state index is 0.0994. The molecule has 0 saturated carbocycles. The number of fused-ring (bicyclic) bond motifs is 2. The van der Waals surface area contributed by atoms with Crippen molar-refractivity contribution < 1.29 is 9.53 Å². The molecular weight excluding hydrogens is 382 g/mol. The largest absolute Gasteiger partial charge is 0.497 e. The third-order valence-electron chi connectivity index (χ3n) is 5.41. The lowest BCUT2D eigenvalue weighted by Crippen LogP contribution is -2.48. The van der Waals surface area contributed by atoms with Crippen LogP contribution in [0.1, 0.15) is 9.67 Å². The van der Waals surface area contributed by atoms with Crippen LogP contribution in [-0.2, 0) is 0 Å². The second kappa shape index (κ2) is 7.37. The molecule has 1 saturated heterocycles. The normalized spacial score (nSPS) is 14.5. The molecule has 0 spiro atoms. The van der Waals surface area contributed by atoms with Gasteiger partial charge in [0.15, 0.2) is 0 Å². The standard InChI is InChI=1S/C23H21N3O2S/c1-28-19-8-7-16-13-17-14-21(29-22(17)24-20(16)15-19)23(27)26-11-9-25(10-12-26)18-5-3-2-4-6-18/h2-8,13-15H,9-12H2,1H3. The van der Waals surface area contributed by atoms with E-state index in [-0.39, 0.29) is 5.91 Å². The van der Waals surface area contributed by atoms with Gasteiger partial charge in [-0.3, -0.25) is 4.79 Å². The van der Waals surface area contributed by atoms with Gasteiger partial charge >= 0.3 is 0 Å². The van der Waals surface area contributed by atoms with Gasteiger partial charge in [-0.25, -0.2) is 4.98 Å². The Morgan fingerprint density at radius 3 is 2.52 bits per heavy atom. The minimum atomic E-state index is 0.0994. The molecular formula is C23H21N3O2S. The van der Waals surface area contributed by atoms with Crippen molar-refractivity contribution in [2.24, 2.45) is 0 Å². The molecule has 0 radical (unpaired) electrons. The van der Waals surface area contributed by atoms with Crippen LogP contribution in [0, 0.1) is 0 Å². The number of anilines is 1. The number of methoxy groups -OCH3 is 1. The van der Waals surface area contributed by atoms with Crippen molar-refractivity contribution in [2.45, 2.75) is 0 Å². The first kappa shape index (κ1) is 17.9. The Bertz CT molecular complexity index is 1180. The smallest absolute Gasteiger partial charge is 0.264 e. The zero-order valence-electron chi connectivity index (χ0n) is 16.2. The van der Waals surface area contributed by atoms with Crippen molar-refractivity contribution in [2.75, 3.05) is 38.2 Å². The molecule has 6 heteroatoms. The Balaban J connectivity index is 1.36. The minimum Gasteiger partial charge on any atom is -0.497 e. The summed E-state index contributed by atoms with van der Waals surface area (Å²) < 4.78 is 5.30. The molecule has 2 aromatic heterocycles. The summed E-state index contributed by atoms with van der Waals surface area (Å²) in [4.78, 5) is 23.7. The van der Waals surface area contributed by atoms with Crippen molar-refractivity contribution in [3.63, 3.8) is 0 Å². The Morgan fingerprint density at radius 1 is 0.966 bits per heavy atom. The average Bonchev–Trinajstić information content (AvgIpc) is 3.20. The van der Waals surface area contributed by atoms with Gasteiger partial charge in [0.2, 0.25) is 0 Å². The lowest BCUT2D eigenvalue weighted by Gasteiger charge is -2.35. The molecule has 0 N–H and O–H groups in total. The summed E-state index contributed by atoms with van der Waals surface area (Å²) in [6.45, 7) is 3.16. The summed E-state index contributed by atoms with van der Waals surface area (Å²) in [7, 11) is 1.65. The summed E-state index contributed by atoms with van der Waals surface area (Å²) in [6, 6.07) is 20.3. The number of amides is 1. The van der Waals surface area contributed by atoms with Crippen molar-refractivity contribution in [3.8, 4) is 5.75 Å². The summed E-state index contributed by atoms with van der Waals surface area (Å²) in [5.41, 5.74) is 2.10. The van der Waals surface area contributed by atoms with E-state index in [1.54, 1.807) is 7.11 Å². The maximum Gasteiger partial charge on any atom is 0.264 e. The van der Waals surface area contributed by atoms with E-state index in [4.69, 9.17) is 9.72 Å². The predicted molar refractivity (Wildman–Crippen MR) is 118 cm³/mol. The quantitative estimate of drug-likeness (QED) is 0.508. The Labute approximate surface area is 173 Å². The van der Waals surface area contributed by atoms with E-state index in [0.717, 1.165) is 57.9 Å². The fourth-order valence-electron chi connectivity index (χ4n) is 3.80. The number of thiophene rings is 1. The van der Waals surface area contributed by atoms with Crippen molar-refractivity contribution in [1.29, 1.82) is 0 Å². The third kappa shape index (κ3) is 3.40. The first-order valence-corrected chi connectivity index (χ1v) is 10.5. The van der Waals surface area contributed by atoms with Crippen LogP contribution in [0.25, 0.3) is 21.1 Å². The molecule has 1 aliphatic rings. The average molecular weight is 404 g/mol. The lowest BCUT2D eigenvalue weighted by atomic mass is 10.2. The molecule has 0 unspecified atom stereocenters. The fourth-order valence-corrected chi connectivity index (χ4v) is 4.79. The fraction of sp³-hybridized carbons (Fsp3) is 0.217. The van der Waals surface area contributed by atoms with Gasteiger partial charge in [-0.1, -0.05) is 18.2 Å². The number of pyridine rings is 1. The number of benzene rings is 2. The zero-order chi connectivity index (χ0) is 19.8. The van der Waals surface area contributed by atoms with Crippen molar-refractivity contribution in [1.82, 2.24) is 9.88 Å². The number of hydrogen-bond donors (Lipinski definition) is 0. The van der Waals surface area contributed by atoms with E-state index in [2.05, 4.69) is 35.2 Å². The van der Waals surface area contributed by atoms with Gasteiger partial charge in [-0.15, -0.1) is 11.3 Å². The number of nitrogens with zero attached hydrogens (tertiary/aromatic N) is 3. The van der Waals surface area contributed by atoms with Gasteiger partial charge in [0.25, 0.3) is 5.91 Å². The second-order valence-electron chi connectivity index (χ2n) is 7.17. The van der Waals surface area contributed by atoms with Crippen LogP contribution < -0.4 is 9.64 Å². The van der Waals surface area contributed by atoms with Crippen LogP contribution >= 0.6 is 11.3 Å². The first-order valence-electron chi connectivity index (χ1n) is 9.69. The van der Waals surface area contributed by atoms with Gasteiger partial charge in [0, 0.05) is 48.7 Å². The van der Waals surface area contributed by atoms with E-state index < -0.39 is 0 Å². The van der Waals surface area contributed by atoms with Crippen molar-refractivity contribution in [3.05, 3.63) is 65.5 Å². The third-order valence-corrected chi connectivity index (χ3v) is 6.44. The first-order chi connectivity index (χ1) is 14.2. The number of aromatic nitrogens is 1.